The number of aryl methyl sites for hydroxylation is 1. The van der Waals surface area contributed by atoms with Gasteiger partial charge in [-0.1, -0.05) is 17.7 Å². The lowest BCUT2D eigenvalue weighted by Crippen LogP contribution is -1.97. The van der Waals surface area contributed by atoms with Crippen molar-refractivity contribution in [3.63, 3.8) is 0 Å². The molecule has 0 spiro atoms. The molecule has 0 amide bonds. The van der Waals surface area contributed by atoms with Crippen molar-refractivity contribution in [2.24, 2.45) is 0 Å². The van der Waals surface area contributed by atoms with Gasteiger partial charge in [0.2, 0.25) is 9.05 Å². The van der Waals surface area contributed by atoms with E-state index in [0.717, 1.165) is 5.69 Å². The third-order valence-corrected chi connectivity index (χ3v) is 2.70. The van der Waals surface area contributed by atoms with Crippen LogP contribution >= 0.6 is 22.3 Å². The summed E-state index contributed by atoms with van der Waals surface area (Å²) in [5, 5.41) is 0.184. The first-order chi connectivity index (χ1) is 5.88. The molecule has 0 aliphatic rings. The summed E-state index contributed by atoms with van der Waals surface area (Å²) in [7, 11) is 1.50. The summed E-state index contributed by atoms with van der Waals surface area (Å²) in [5.74, 6) is -0.291. The van der Waals surface area contributed by atoms with Gasteiger partial charge in [0.15, 0.2) is 0 Å². The van der Waals surface area contributed by atoms with Crippen molar-refractivity contribution in [1.82, 2.24) is 4.98 Å². The van der Waals surface area contributed by atoms with Crippen molar-refractivity contribution in [3.8, 4) is 0 Å². The van der Waals surface area contributed by atoms with Crippen molar-refractivity contribution in [2.45, 2.75) is 12.7 Å². The van der Waals surface area contributed by atoms with Gasteiger partial charge in [-0.2, -0.15) is 0 Å². The van der Waals surface area contributed by atoms with Crippen LogP contribution in [0.25, 0.3) is 0 Å². The van der Waals surface area contributed by atoms with Crippen LogP contribution < -0.4 is 0 Å². The smallest absolute Gasteiger partial charge is 0.236 e. The second-order valence-corrected chi connectivity index (χ2v) is 5.72. The Kier molecular flexibility index (Phi) is 3.16. The lowest BCUT2D eigenvalue weighted by molar-refractivity contribution is 0.609. The Bertz CT molecular complexity index is 417. The summed E-state index contributed by atoms with van der Waals surface area (Å²) in [6.07, 6.45) is 0. The van der Waals surface area contributed by atoms with E-state index in [0.29, 0.717) is 5.56 Å². The highest BCUT2D eigenvalue weighted by atomic mass is 35.7. The first-order valence-corrected chi connectivity index (χ1v) is 6.28. The minimum absolute atomic E-state index is 0.184. The fraction of sp³-hybridized carbons (Fsp3) is 0.286. The lowest BCUT2D eigenvalue weighted by Gasteiger charge is -2.01. The number of nitrogens with zero attached hydrogens (tertiary/aromatic N) is 1. The Balaban J connectivity index is 3.04. The van der Waals surface area contributed by atoms with Crippen LogP contribution in [0.4, 0.5) is 0 Å². The predicted octanol–water partition coefficient (Wildman–Crippen LogP) is 2.11. The van der Waals surface area contributed by atoms with Gasteiger partial charge in [-0.3, -0.25) is 0 Å². The van der Waals surface area contributed by atoms with E-state index in [9.17, 15) is 8.42 Å². The molecule has 0 aromatic carbocycles. The molecule has 1 rings (SSSR count). The maximum Gasteiger partial charge on any atom is 0.236 e. The number of aromatic nitrogens is 1. The zero-order valence-electron chi connectivity index (χ0n) is 6.79. The molecular weight excluding hydrogens is 233 g/mol. The van der Waals surface area contributed by atoms with Crippen LogP contribution in [0.15, 0.2) is 12.1 Å². The van der Waals surface area contributed by atoms with E-state index in [1.807, 2.05) is 0 Å². The number of halogens is 2. The Morgan fingerprint density at radius 2 is 2.08 bits per heavy atom. The molecular formula is C7H7Cl2NO2S. The minimum Gasteiger partial charge on any atom is -0.241 e. The summed E-state index contributed by atoms with van der Waals surface area (Å²) in [6.45, 7) is 1.77. The van der Waals surface area contributed by atoms with Crippen molar-refractivity contribution in [1.29, 1.82) is 0 Å². The third-order valence-electron chi connectivity index (χ3n) is 1.39. The molecule has 1 heterocycles. The molecule has 0 aliphatic heterocycles. The maximum atomic E-state index is 10.7. The minimum atomic E-state index is -3.56. The molecule has 0 fully saturated rings. The van der Waals surface area contributed by atoms with Crippen molar-refractivity contribution < 1.29 is 8.42 Å². The highest BCUT2D eigenvalue weighted by molar-refractivity contribution is 8.13. The first-order valence-electron chi connectivity index (χ1n) is 3.43. The molecule has 0 atom stereocenters. The van der Waals surface area contributed by atoms with Crippen LogP contribution in [0.3, 0.4) is 0 Å². The van der Waals surface area contributed by atoms with Gasteiger partial charge in [-0.05, 0) is 13.0 Å². The van der Waals surface area contributed by atoms with E-state index < -0.39 is 9.05 Å². The SMILES string of the molecule is Cc1ccc(CS(=O)(=O)Cl)c(Cl)n1. The van der Waals surface area contributed by atoms with Gasteiger partial charge >= 0.3 is 0 Å². The molecule has 1 aromatic heterocycles. The molecule has 0 bridgehead atoms. The lowest BCUT2D eigenvalue weighted by atomic mass is 10.3. The Hall–Kier alpha value is -0.320. The zero-order valence-corrected chi connectivity index (χ0v) is 9.12. The predicted molar refractivity (Wildman–Crippen MR) is 52.5 cm³/mol. The van der Waals surface area contributed by atoms with Gasteiger partial charge in [0.1, 0.15) is 5.15 Å². The van der Waals surface area contributed by atoms with Crippen molar-refractivity contribution in [3.05, 3.63) is 28.5 Å². The molecule has 0 aliphatic carbocycles. The summed E-state index contributed by atoms with van der Waals surface area (Å²) in [4.78, 5) is 3.90. The molecule has 0 radical (unpaired) electrons. The van der Waals surface area contributed by atoms with Crippen LogP contribution in [-0.4, -0.2) is 13.4 Å². The molecule has 0 unspecified atom stereocenters. The van der Waals surface area contributed by atoms with Crippen LogP contribution in [0.5, 0.6) is 0 Å². The van der Waals surface area contributed by atoms with E-state index in [-0.39, 0.29) is 10.9 Å². The van der Waals surface area contributed by atoms with Gasteiger partial charge in [0.05, 0.1) is 5.75 Å². The molecule has 0 saturated carbocycles. The second kappa shape index (κ2) is 3.82. The van der Waals surface area contributed by atoms with Gasteiger partial charge in [-0.25, -0.2) is 13.4 Å². The summed E-state index contributed by atoms with van der Waals surface area (Å²) < 4.78 is 21.4. The quantitative estimate of drug-likeness (QED) is 0.587. The molecule has 1 aromatic rings. The van der Waals surface area contributed by atoms with Gasteiger partial charge < -0.3 is 0 Å². The number of hydrogen-bond donors (Lipinski definition) is 0. The molecule has 6 heteroatoms. The van der Waals surface area contributed by atoms with Crippen LogP contribution in [-0.2, 0) is 14.8 Å². The monoisotopic (exact) mass is 239 g/mol. The molecule has 72 valence electrons. The Morgan fingerprint density at radius 1 is 1.46 bits per heavy atom. The average molecular weight is 240 g/mol. The van der Waals surface area contributed by atoms with E-state index in [4.69, 9.17) is 22.3 Å². The topological polar surface area (TPSA) is 47.0 Å². The van der Waals surface area contributed by atoms with E-state index in [2.05, 4.69) is 4.98 Å². The van der Waals surface area contributed by atoms with Crippen LogP contribution in [0.2, 0.25) is 5.15 Å². The fourth-order valence-corrected chi connectivity index (χ4v) is 2.15. The summed E-state index contributed by atoms with van der Waals surface area (Å²) >= 11 is 5.70. The van der Waals surface area contributed by atoms with Crippen LogP contribution in [0.1, 0.15) is 11.3 Å². The highest BCUT2D eigenvalue weighted by Gasteiger charge is 2.10. The zero-order chi connectivity index (χ0) is 10.1. The molecule has 0 saturated heterocycles. The van der Waals surface area contributed by atoms with E-state index >= 15 is 0 Å². The Labute approximate surface area is 86.1 Å². The van der Waals surface area contributed by atoms with Crippen LogP contribution in [0, 0.1) is 6.92 Å². The molecule has 0 N–H and O–H groups in total. The van der Waals surface area contributed by atoms with E-state index in [1.54, 1.807) is 19.1 Å². The first kappa shape index (κ1) is 10.8. The molecule has 13 heavy (non-hydrogen) atoms. The number of pyridine rings is 1. The standard InChI is InChI=1S/C7H7Cl2NO2S/c1-5-2-3-6(7(8)10-5)4-13(9,11)12/h2-3H,4H2,1H3. The number of rotatable bonds is 2. The third kappa shape index (κ3) is 3.50. The largest absolute Gasteiger partial charge is 0.241 e. The Morgan fingerprint density at radius 3 is 2.54 bits per heavy atom. The van der Waals surface area contributed by atoms with E-state index in [1.165, 1.54) is 0 Å². The second-order valence-electron chi connectivity index (χ2n) is 2.59. The van der Waals surface area contributed by atoms with Gasteiger partial charge in [0.25, 0.3) is 0 Å². The van der Waals surface area contributed by atoms with Crippen molar-refractivity contribution in [2.75, 3.05) is 0 Å². The summed E-state index contributed by atoms with van der Waals surface area (Å²) in [5.41, 5.74) is 1.16. The maximum absolute atomic E-state index is 10.7. The summed E-state index contributed by atoms with van der Waals surface area (Å²) in [6, 6.07) is 3.29. The van der Waals surface area contributed by atoms with Gasteiger partial charge in [-0.15, -0.1) is 0 Å². The highest BCUT2D eigenvalue weighted by Crippen LogP contribution is 2.17. The number of hydrogen-bond acceptors (Lipinski definition) is 3. The van der Waals surface area contributed by atoms with Gasteiger partial charge in [0, 0.05) is 21.9 Å². The molecule has 3 nitrogen and oxygen atoms in total. The average Bonchev–Trinajstić information content (AvgIpc) is 1.93. The normalized spacial score (nSPS) is 11.6. The fourth-order valence-electron chi connectivity index (χ4n) is 0.847. The van der Waals surface area contributed by atoms with Crippen molar-refractivity contribution >= 4 is 31.3 Å².